The Hall–Kier alpha value is -1.90. The van der Waals surface area contributed by atoms with Crippen LogP contribution in [-0.4, -0.2) is 11.6 Å². The summed E-state index contributed by atoms with van der Waals surface area (Å²) < 4.78 is 0. The molecule has 64 valence electrons. The Morgan fingerprint density at radius 3 is 2.23 bits per heavy atom. The second-order valence-corrected chi connectivity index (χ2v) is 2.87. The maximum absolute atomic E-state index is 11.3. The highest BCUT2D eigenvalue weighted by Gasteiger charge is 2.18. The van der Waals surface area contributed by atoms with Gasteiger partial charge in [0.1, 0.15) is 0 Å². The van der Waals surface area contributed by atoms with Crippen molar-refractivity contribution in [2.24, 2.45) is 0 Å². The van der Waals surface area contributed by atoms with Crippen LogP contribution in [-0.2, 0) is 0 Å². The fourth-order valence-corrected chi connectivity index (χ4v) is 1.31. The van der Waals surface area contributed by atoms with Crippen molar-refractivity contribution in [3.8, 4) is 0 Å². The smallest absolute Gasteiger partial charge is 0.186 e. The van der Waals surface area contributed by atoms with Gasteiger partial charge in [0.25, 0.3) is 0 Å². The predicted molar refractivity (Wildman–Crippen MR) is 48.7 cm³/mol. The number of hydrogen-bond acceptors (Lipinski definition) is 3. The first kappa shape index (κ1) is 7.73. The minimum absolute atomic E-state index is 0.144. The molecular weight excluding hydrogens is 166 g/mol. The predicted octanol–water partition coefficient (Wildman–Crippen LogP) is 1.20. The number of anilines is 1. The van der Waals surface area contributed by atoms with Crippen LogP contribution in [0.2, 0.25) is 0 Å². The molecule has 0 spiro atoms. The molecule has 2 rings (SSSR count). The van der Waals surface area contributed by atoms with Crippen LogP contribution in [0.5, 0.6) is 0 Å². The van der Waals surface area contributed by atoms with Crippen molar-refractivity contribution in [3.05, 3.63) is 41.5 Å². The number of rotatable bonds is 0. The van der Waals surface area contributed by atoms with Crippen molar-refractivity contribution in [1.29, 1.82) is 0 Å². The van der Waals surface area contributed by atoms with E-state index in [1.165, 1.54) is 18.2 Å². The monoisotopic (exact) mass is 173 g/mol. The summed E-state index contributed by atoms with van der Waals surface area (Å²) in [5, 5.41) is 0. The number of allylic oxidation sites excluding steroid dienone is 2. The summed E-state index contributed by atoms with van der Waals surface area (Å²) >= 11 is 0. The van der Waals surface area contributed by atoms with Gasteiger partial charge >= 0.3 is 0 Å². The Morgan fingerprint density at radius 2 is 1.54 bits per heavy atom. The number of nitrogens with two attached hydrogens (primary N) is 1. The van der Waals surface area contributed by atoms with Gasteiger partial charge in [-0.25, -0.2) is 0 Å². The quantitative estimate of drug-likeness (QED) is 0.600. The number of fused-ring (bicyclic) bond motifs is 1. The molecule has 0 bridgehead atoms. The fraction of sp³-hybridized carbons (Fsp3) is 0. The molecule has 0 heterocycles. The third kappa shape index (κ3) is 1.14. The third-order valence-corrected chi connectivity index (χ3v) is 1.96. The summed E-state index contributed by atoms with van der Waals surface area (Å²) in [4.78, 5) is 22.6. The molecule has 0 saturated heterocycles. The van der Waals surface area contributed by atoms with Crippen LogP contribution >= 0.6 is 0 Å². The highest BCUT2D eigenvalue weighted by Crippen LogP contribution is 2.19. The Kier molecular flexibility index (Phi) is 1.52. The zero-order valence-electron chi connectivity index (χ0n) is 6.78. The largest absolute Gasteiger partial charge is 0.399 e. The molecule has 0 atom stereocenters. The summed E-state index contributed by atoms with van der Waals surface area (Å²) in [6.07, 6.45) is 2.55. The van der Waals surface area contributed by atoms with E-state index in [0.29, 0.717) is 16.8 Å². The molecule has 0 aliphatic heterocycles. The molecule has 1 aliphatic carbocycles. The van der Waals surface area contributed by atoms with Gasteiger partial charge in [-0.3, -0.25) is 9.59 Å². The van der Waals surface area contributed by atoms with Crippen LogP contribution in [0.1, 0.15) is 20.7 Å². The minimum atomic E-state index is -0.165. The lowest BCUT2D eigenvalue weighted by Gasteiger charge is -2.08. The highest BCUT2D eigenvalue weighted by atomic mass is 16.1. The van der Waals surface area contributed by atoms with Crippen molar-refractivity contribution in [2.45, 2.75) is 0 Å². The number of carbonyl (C=O) groups is 2. The summed E-state index contributed by atoms with van der Waals surface area (Å²) in [5.41, 5.74) is 6.83. The average Bonchev–Trinajstić information content (AvgIpc) is 2.12. The van der Waals surface area contributed by atoms with Gasteiger partial charge in [-0.15, -0.1) is 0 Å². The molecule has 3 heteroatoms. The maximum atomic E-state index is 11.3. The SMILES string of the molecule is Nc1ccc2c(c1)C(=O)C=CC2=O. The maximum Gasteiger partial charge on any atom is 0.186 e. The van der Waals surface area contributed by atoms with E-state index in [2.05, 4.69) is 0 Å². The van der Waals surface area contributed by atoms with Gasteiger partial charge in [0.05, 0.1) is 0 Å². The molecule has 3 nitrogen and oxygen atoms in total. The summed E-state index contributed by atoms with van der Waals surface area (Å²) in [6, 6.07) is 4.72. The molecule has 1 aromatic rings. The van der Waals surface area contributed by atoms with E-state index in [1.54, 1.807) is 12.1 Å². The number of carbonyl (C=O) groups excluding carboxylic acids is 2. The highest BCUT2D eigenvalue weighted by molar-refractivity contribution is 6.22. The molecule has 0 aromatic heterocycles. The first-order valence-corrected chi connectivity index (χ1v) is 3.85. The fourth-order valence-electron chi connectivity index (χ4n) is 1.31. The van der Waals surface area contributed by atoms with E-state index in [0.717, 1.165) is 0 Å². The molecule has 13 heavy (non-hydrogen) atoms. The lowest BCUT2D eigenvalue weighted by molar-refractivity contribution is 0.0994. The lowest BCUT2D eigenvalue weighted by Crippen LogP contribution is -2.11. The van der Waals surface area contributed by atoms with Gasteiger partial charge in [0, 0.05) is 16.8 Å². The van der Waals surface area contributed by atoms with E-state index in [1.807, 2.05) is 0 Å². The van der Waals surface area contributed by atoms with Gasteiger partial charge in [-0.1, -0.05) is 0 Å². The Balaban J connectivity index is 2.69. The molecule has 2 N–H and O–H groups in total. The number of hydrogen-bond donors (Lipinski definition) is 1. The topological polar surface area (TPSA) is 60.2 Å². The molecule has 1 aliphatic rings. The third-order valence-electron chi connectivity index (χ3n) is 1.96. The number of benzene rings is 1. The van der Waals surface area contributed by atoms with Crippen molar-refractivity contribution >= 4 is 17.3 Å². The van der Waals surface area contributed by atoms with E-state index in [4.69, 9.17) is 5.73 Å². The molecule has 0 amide bonds. The van der Waals surface area contributed by atoms with Crippen LogP contribution in [0.25, 0.3) is 0 Å². The summed E-state index contributed by atoms with van der Waals surface area (Å²) in [6.45, 7) is 0. The first-order valence-electron chi connectivity index (χ1n) is 3.85. The summed E-state index contributed by atoms with van der Waals surface area (Å²) in [5.74, 6) is -0.309. The van der Waals surface area contributed by atoms with E-state index >= 15 is 0 Å². The normalized spacial score (nSPS) is 14.5. The van der Waals surface area contributed by atoms with Gasteiger partial charge in [0.2, 0.25) is 0 Å². The second-order valence-electron chi connectivity index (χ2n) is 2.87. The van der Waals surface area contributed by atoms with Crippen molar-refractivity contribution in [2.75, 3.05) is 5.73 Å². The van der Waals surface area contributed by atoms with E-state index in [-0.39, 0.29) is 11.6 Å². The summed E-state index contributed by atoms with van der Waals surface area (Å²) in [7, 11) is 0. The zero-order chi connectivity index (χ0) is 9.42. The van der Waals surface area contributed by atoms with Gasteiger partial charge < -0.3 is 5.73 Å². The Bertz CT molecular complexity index is 433. The van der Waals surface area contributed by atoms with Crippen LogP contribution < -0.4 is 5.73 Å². The Morgan fingerprint density at radius 1 is 0.923 bits per heavy atom. The van der Waals surface area contributed by atoms with Crippen LogP contribution in [0.3, 0.4) is 0 Å². The van der Waals surface area contributed by atoms with Crippen LogP contribution in [0.4, 0.5) is 5.69 Å². The van der Waals surface area contributed by atoms with Gasteiger partial charge in [-0.05, 0) is 30.4 Å². The minimum Gasteiger partial charge on any atom is -0.399 e. The van der Waals surface area contributed by atoms with E-state index < -0.39 is 0 Å². The molecule has 1 aromatic carbocycles. The van der Waals surface area contributed by atoms with Crippen molar-refractivity contribution in [3.63, 3.8) is 0 Å². The molecule has 0 fully saturated rings. The molecule has 0 unspecified atom stereocenters. The average molecular weight is 173 g/mol. The van der Waals surface area contributed by atoms with Crippen molar-refractivity contribution < 1.29 is 9.59 Å². The van der Waals surface area contributed by atoms with E-state index in [9.17, 15) is 9.59 Å². The molecular formula is C10H7NO2. The standard InChI is InChI=1S/C10H7NO2/c11-6-1-2-7-8(5-6)10(13)4-3-9(7)12/h1-5H,11H2. The van der Waals surface area contributed by atoms with Gasteiger partial charge in [-0.2, -0.15) is 0 Å². The van der Waals surface area contributed by atoms with Crippen LogP contribution in [0.15, 0.2) is 30.4 Å². The van der Waals surface area contributed by atoms with Crippen LogP contribution in [0, 0.1) is 0 Å². The number of ketones is 2. The first-order chi connectivity index (χ1) is 6.18. The molecule has 0 radical (unpaired) electrons. The van der Waals surface area contributed by atoms with Crippen molar-refractivity contribution in [1.82, 2.24) is 0 Å². The Labute approximate surface area is 74.9 Å². The number of nitrogen functional groups attached to an aromatic ring is 1. The van der Waals surface area contributed by atoms with Gasteiger partial charge in [0.15, 0.2) is 11.6 Å². The lowest BCUT2D eigenvalue weighted by atomic mass is 9.94. The zero-order valence-corrected chi connectivity index (χ0v) is 6.78. The second kappa shape index (κ2) is 2.55. The molecule has 0 saturated carbocycles.